The Morgan fingerprint density at radius 2 is 0.843 bits per heavy atom. The first-order chi connectivity index (χ1) is 31.1. The lowest BCUT2D eigenvalue weighted by Crippen LogP contribution is -1.93. The van der Waals surface area contributed by atoms with E-state index in [9.17, 15) is 2.74 Å². The molecule has 0 fully saturated rings. The zero-order chi connectivity index (χ0) is 45.9. The lowest BCUT2D eigenvalue weighted by Gasteiger charge is -2.20. The second kappa shape index (κ2) is 12.0. The summed E-state index contributed by atoms with van der Waals surface area (Å²) in [6.07, 6.45) is 0. The van der Waals surface area contributed by atoms with Gasteiger partial charge in [0.15, 0.2) is 0 Å². The largest absolute Gasteiger partial charge is 0.456 e. The van der Waals surface area contributed by atoms with Crippen LogP contribution in [0.3, 0.4) is 0 Å². The van der Waals surface area contributed by atoms with Crippen LogP contribution in [-0.2, 0) is 0 Å². The molecule has 1 heterocycles. The fourth-order valence-corrected chi connectivity index (χ4v) is 7.19. The van der Waals surface area contributed by atoms with Crippen LogP contribution in [0.25, 0.3) is 99.1 Å². The van der Waals surface area contributed by atoms with E-state index in [1.165, 1.54) is 0 Å². The minimum absolute atomic E-state index is 0.0141. The average molecular weight is 663 g/mol. The Morgan fingerprint density at radius 1 is 0.333 bits per heavy atom. The Bertz CT molecular complexity index is 3590. The van der Waals surface area contributed by atoms with Gasteiger partial charge < -0.3 is 4.42 Å². The summed E-state index contributed by atoms with van der Waals surface area (Å²) in [7, 11) is 0. The Labute approximate surface area is 316 Å². The van der Waals surface area contributed by atoms with Crippen molar-refractivity contribution in [2.24, 2.45) is 0 Å². The van der Waals surface area contributed by atoms with E-state index < -0.39 is 48.3 Å². The summed E-state index contributed by atoms with van der Waals surface area (Å²) in [6, 6.07) is 27.3. The molecule has 0 spiro atoms. The van der Waals surface area contributed by atoms with Gasteiger partial charge in [-0.2, -0.15) is 0 Å². The minimum Gasteiger partial charge on any atom is -0.456 e. The maximum atomic E-state index is 9.48. The molecule has 9 aromatic carbocycles. The molecule has 0 radical (unpaired) electrons. The van der Waals surface area contributed by atoms with Gasteiger partial charge in [0.05, 0.1) is 19.2 Å². The van der Waals surface area contributed by atoms with Gasteiger partial charge in [0.2, 0.25) is 0 Å². The molecule has 0 unspecified atom stereocenters. The number of fused-ring (bicyclic) bond motifs is 5. The fraction of sp³-hybridized carbons (Fsp3) is 0. The number of benzene rings is 9. The van der Waals surface area contributed by atoms with Crippen molar-refractivity contribution in [1.82, 2.24) is 0 Å². The van der Waals surface area contributed by atoms with Crippen LogP contribution >= 0.6 is 0 Å². The van der Waals surface area contributed by atoms with Crippen LogP contribution in [0.5, 0.6) is 0 Å². The maximum Gasteiger partial charge on any atom is 0.136 e. The molecule has 1 nitrogen and oxygen atoms in total. The molecule has 0 aliphatic rings. The number of rotatable bonds is 5. The van der Waals surface area contributed by atoms with Crippen LogP contribution in [0.4, 0.5) is 0 Å². The first-order valence-electron chi connectivity index (χ1n) is 23.4. The topological polar surface area (TPSA) is 13.1 Å². The van der Waals surface area contributed by atoms with Gasteiger partial charge in [-0.15, -0.1) is 0 Å². The third-order valence-electron chi connectivity index (χ3n) is 9.39. The van der Waals surface area contributed by atoms with Crippen molar-refractivity contribution in [3.63, 3.8) is 0 Å². The summed E-state index contributed by atoms with van der Waals surface area (Å²) >= 11 is 0. The molecule has 0 saturated carbocycles. The van der Waals surface area contributed by atoms with Crippen molar-refractivity contribution in [1.29, 1.82) is 0 Å². The van der Waals surface area contributed by atoms with Gasteiger partial charge in [0.1, 0.15) is 11.2 Å². The quantitative estimate of drug-likeness (QED) is 0.167. The van der Waals surface area contributed by atoms with Crippen molar-refractivity contribution >= 4 is 43.5 Å². The summed E-state index contributed by atoms with van der Waals surface area (Å²) in [4.78, 5) is 0. The highest BCUT2D eigenvalue weighted by Gasteiger charge is 2.21. The second-order valence-corrected chi connectivity index (χ2v) is 12.2. The van der Waals surface area contributed by atoms with E-state index in [1.54, 1.807) is 36.4 Å². The van der Waals surface area contributed by atoms with E-state index >= 15 is 0 Å². The van der Waals surface area contributed by atoms with Gasteiger partial charge >= 0.3 is 0 Å². The first kappa shape index (κ1) is 18.3. The molecule has 0 N–H and O–H groups in total. The van der Waals surface area contributed by atoms with Crippen molar-refractivity contribution in [2.75, 3.05) is 0 Å². The summed E-state index contributed by atoms with van der Waals surface area (Å²) in [5, 5.41) is 4.49. The monoisotopic (exact) mass is 662 g/mol. The third-order valence-corrected chi connectivity index (χ3v) is 9.39. The van der Waals surface area contributed by atoms with E-state index in [-0.39, 0.29) is 58.5 Å². The Hall–Kier alpha value is -6.70. The van der Waals surface area contributed by atoms with Crippen LogP contribution in [0.2, 0.25) is 0 Å². The molecule has 10 aromatic rings. The van der Waals surface area contributed by atoms with Crippen LogP contribution in [0.1, 0.15) is 19.2 Å². The van der Waals surface area contributed by atoms with E-state index in [4.69, 9.17) is 20.9 Å². The molecule has 10 rings (SSSR count). The van der Waals surface area contributed by atoms with E-state index in [0.29, 0.717) is 44.2 Å². The minimum atomic E-state index is -0.505. The zero-order valence-electron chi connectivity index (χ0n) is 40.8. The lowest BCUT2D eigenvalue weighted by molar-refractivity contribution is 0.669. The Morgan fingerprint density at radius 3 is 1.47 bits per heavy atom. The van der Waals surface area contributed by atoms with Crippen LogP contribution in [0, 0.1) is 0 Å². The van der Waals surface area contributed by atoms with Crippen LogP contribution in [0.15, 0.2) is 198 Å². The van der Waals surface area contributed by atoms with E-state index in [1.807, 2.05) is 72.8 Å². The fourth-order valence-electron chi connectivity index (χ4n) is 7.19. The van der Waals surface area contributed by atoms with Crippen LogP contribution in [-0.4, -0.2) is 0 Å². The highest BCUT2D eigenvalue weighted by atomic mass is 16.3. The van der Waals surface area contributed by atoms with E-state index in [0.717, 1.165) is 32.7 Å². The Balaban J connectivity index is 1.22. The average Bonchev–Trinajstić information content (AvgIpc) is 3.70. The molecule has 0 atom stereocenters. The van der Waals surface area contributed by atoms with Gasteiger partial charge in [-0.25, -0.2) is 0 Å². The molecule has 0 amide bonds. The molecule has 1 aromatic heterocycles. The zero-order valence-corrected chi connectivity index (χ0v) is 26.8. The summed E-state index contributed by atoms with van der Waals surface area (Å²) in [6.45, 7) is 0. The molecular weight excluding hydrogens is 617 g/mol. The van der Waals surface area contributed by atoms with E-state index in [2.05, 4.69) is 0 Å². The smallest absolute Gasteiger partial charge is 0.136 e. The summed E-state index contributed by atoms with van der Waals surface area (Å²) in [5.41, 5.74) is 4.98. The summed E-state index contributed by atoms with van der Waals surface area (Å²) < 4.78 is 126. The summed E-state index contributed by atoms with van der Waals surface area (Å²) in [5.74, 6) is 0. The molecule has 0 aliphatic carbocycles. The van der Waals surface area contributed by atoms with Gasteiger partial charge in [-0.05, 0) is 95.4 Å². The van der Waals surface area contributed by atoms with Crippen molar-refractivity contribution in [3.05, 3.63) is 194 Å². The second-order valence-electron chi connectivity index (χ2n) is 12.2. The molecule has 0 saturated heterocycles. The van der Waals surface area contributed by atoms with Gasteiger partial charge in [0, 0.05) is 10.8 Å². The molecule has 0 bridgehead atoms. The molecule has 0 aliphatic heterocycles. The van der Waals surface area contributed by atoms with Gasteiger partial charge in [0.25, 0.3) is 0 Å². The van der Waals surface area contributed by atoms with Crippen molar-refractivity contribution in [2.45, 2.75) is 0 Å². The number of furan rings is 1. The lowest BCUT2D eigenvalue weighted by atomic mass is 9.83. The third kappa shape index (κ3) is 4.86. The normalized spacial score (nSPS) is 15.4. The van der Waals surface area contributed by atoms with Crippen molar-refractivity contribution in [3.8, 4) is 55.6 Å². The molecule has 1 heteroatoms. The number of hydrogen-bond donors (Lipinski definition) is 0. The standard InChI is InChI=1S/C50H32O/c1-3-14-33(15-4-1)35-26-28-36(29-27-35)38-18-7-8-19-39(38)48-40-20-9-11-22-42(40)49(43-23-12-10-21-41(43)48)45-24-13-25-46-50(45)44-31-30-37(32-47(44)51-46)34-16-5-2-6-17-34/h1-32H/i1D,2D,3D,4D,5D,6D,7D,8D,14D,15D,16D,17D,18D,19D. The van der Waals surface area contributed by atoms with Gasteiger partial charge in [-0.3, -0.25) is 0 Å². The van der Waals surface area contributed by atoms with Crippen LogP contribution < -0.4 is 0 Å². The number of hydrogen-bond acceptors (Lipinski definition) is 1. The van der Waals surface area contributed by atoms with Crippen molar-refractivity contribution < 1.29 is 23.6 Å². The predicted molar refractivity (Wildman–Crippen MR) is 216 cm³/mol. The molecule has 51 heavy (non-hydrogen) atoms. The molecular formula is C50H32O. The highest BCUT2D eigenvalue weighted by molar-refractivity contribution is 6.26. The Kier molecular flexibility index (Phi) is 4.32. The molecule has 238 valence electrons. The van der Waals surface area contributed by atoms with Gasteiger partial charge in [-0.1, -0.05) is 176 Å². The predicted octanol–water partition coefficient (Wildman–Crippen LogP) is 14.2. The SMILES string of the molecule is [2H]c1c([2H])c([2H])c(-c2ccc(-c3c([2H])c([2H])c([2H])c([2H])c3-c3c4ccccc4c(-c4cccc5oc6cc(-c7c([2H])c([2H])c([2H])c([2H])c7[2H])ccc6c45)c4ccccc34)cc2)c([2H])c1[2H]. The first-order valence-corrected chi connectivity index (χ1v) is 16.4. The highest BCUT2D eigenvalue weighted by Crippen LogP contribution is 2.48. The maximum absolute atomic E-state index is 9.48.